The summed E-state index contributed by atoms with van der Waals surface area (Å²) in [7, 11) is 0. The Bertz CT molecular complexity index is 957. The molecule has 2 fully saturated rings. The molecule has 8 nitrogen and oxygen atoms in total. The van der Waals surface area contributed by atoms with Gasteiger partial charge >= 0.3 is 0 Å². The molecule has 0 radical (unpaired) electrons. The normalized spacial score (nSPS) is 21.2. The zero-order chi connectivity index (χ0) is 23.3. The molecule has 2 amide bonds. The average Bonchev–Trinajstić information content (AvgIpc) is 3.33. The first-order chi connectivity index (χ1) is 16.0. The molecule has 0 aliphatic carbocycles. The van der Waals surface area contributed by atoms with Crippen molar-refractivity contribution >= 4 is 11.8 Å². The van der Waals surface area contributed by atoms with Crippen LogP contribution in [0, 0.1) is 11.2 Å². The average molecular weight is 460 g/mol. The summed E-state index contributed by atoms with van der Waals surface area (Å²) in [5, 5.41) is 3.93. The molecule has 0 unspecified atom stereocenters. The van der Waals surface area contributed by atoms with Crippen LogP contribution in [0.5, 0.6) is 5.75 Å². The van der Waals surface area contributed by atoms with E-state index in [0.29, 0.717) is 51.6 Å². The van der Waals surface area contributed by atoms with Gasteiger partial charge in [0.15, 0.2) is 0 Å². The number of morpholine rings is 1. The summed E-state index contributed by atoms with van der Waals surface area (Å²) >= 11 is 0. The third-order valence-electron chi connectivity index (χ3n) is 6.33. The van der Waals surface area contributed by atoms with E-state index in [1.54, 1.807) is 23.1 Å². The second-order valence-corrected chi connectivity index (χ2v) is 8.78. The molecule has 1 aromatic heterocycles. The number of rotatable bonds is 7. The molecule has 178 valence electrons. The Morgan fingerprint density at radius 3 is 2.61 bits per heavy atom. The monoisotopic (exact) mass is 459 g/mol. The molecule has 2 saturated heterocycles. The summed E-state index contributed by atoms with van der Waals surface area (Å²) in [5.41, 5.74) is 0.162. The molecule has 4 rings (SSSR count). The Morgan fingerprint density at radius 2 is 1.91 bits per heavy atom. The van der Waals surface area contributed by atoms with Gasteiger partial charge in [-0.05, 0) is 43.5 Å². The van der Waals surface area contributed by atoms with Gasteiger partial charge in [-0.25, -0.2) is 4.39 Å². The number of hydrogen-bond donors (Lipinski definition) is 0. The summed E-state index contributed by atoms with van der Waals surface area (Å²) in [4.78, 5) is 29.8. The van der Waals surface area contributed by atoms with Crippen LogP contribution in [-0.2, 0) is 16.0 Å². The molecule has 33 heavy (non-hydrogen) atoms. The number of hydrogen-bond acceptors (Lipinski definition) is 6. The number of carbonyl (C=O) groups excluding carboxylic acids is 2. The van der Waals surface area contributed by atoms with Crippen molar-refractivity contribution in [3.05, 3.63) is 47.6 Å². The highest BCUT2D eigenvalue weighted by Crippen LogP contribution is 2.36. The number of piperidine rings is 1. The summed E-state index contributed by atoms with van der Waals surface area (Å²) in [6.07, 6.45) is 2.42. The zero-order valence-electron chi connectivity index (χ0n) is 18.9. The van der Waals surface area contributed by atoms with Gasteiger partial charge in [-0.1, -0.05) is 12.1 Å². The molecule has 2 aromatic rings. The van der Waals surface area contributed by atoms with Gasteiger partial charge in [0.05, 0.1) is 25.5 Å². The summed E-state index contributed by atoms with van der Waals surface area (Å²) in [6, 6.07) is 7.49. The van der Waals surface area contributed by atoms with Crippen molar-refractivity contribution in [1.29, 1.82) is 0 Å². The third-order valence-corrected chi connectivity index (χ3v) is 6.33. The van der Waals surface area contributed by atoms with Gasteiger partial charge in [0.2, 0.25) is 11.7 Å². The van der Waals surface area contributed by atoms with Crippen LogP contribution in [0.3, 0.4) is 0 Å². The number of aryl methyl sites for hydroxylation is 1. The highest BCUT2D eigenvalue weighted by Gasteiger charge is 2.41. The fourth-order valence-corrected chi connectivity index (χ4v) is 4.44. The van der Waals surface area contributed by atoms with Crippen molar-refractivity contribution in [3.63, 3.8) is 0 Å². The Morgan fingerprint density at radius 1 is 1.15 bits per heavy atom. The van der Waals surface area contributed by atoms with E-state index >= 15 is 0 Å². The predicted octanol–water partition coefficient (Wildman–Crippen LogP) is 2.93. The van der Waals surface area contributed by atoms with E-state index in [-0.39, 0.29) is 36.4 Å². The molecule has 0 saturated carbocycles. The number of aromatic nitrogens is 1. The van der Waals surface area contributed by atoms with Gasteiger partial charge in [0.25, 0.3) is 5.91 Å². The number of amides is 2. The SMILES string of the molecule is CCc1cc(C(=O)N2CCC[C@](COc3ccc(F)cc3)(CC(=O)N3CCOCC3)C2)on1. The van der Waals surface area contributed by atoms with Crippen LogP contribution in [0.25, 0.3) is 0 Å². The largest absolute Gasteiger partial charge is 0.493 e. The Labute approximate surface area is 192 Å². The van der Waals surface area contributed by atoms with Crippen LogP contribution in [0.4, 0.5) is 4.39 Å². The minimum Gasteiger partial charge on any atom is -0.493 e. The smallest absolute Gasteiger partial charge is 0.292 e. The fourth-order valence-electron chi connectivity index (χ4n) is 4.44. The Kier molecular flexibility index (Phi) is 7.27. The van der Waals surface area contributed by atoms with E-state index in [4.69, 9.17) is 14.0 Å². The lowest BCUT2D eigenvalue weighted by Crippen LogP contribution is -2.52. The molecular formula is C24H30FN3O5. The lowest BCUT2D eigenvalue weighted by atomic mass is 9.77. The van der Waals surface area contributed by atoms with Gasteiger partial charge in [-0.15, -0.1) is 0 Å². The van der Waals surface area contributed by atoms with Crippen LogP contribution in [0.1, 0.15) is 42.4 Å². The van der Waals surface area contributed by atoms with Gasteiger partial charge < -0.3 is 23.8 Å². The standard InChI is InChI=1S/C24H30FN3O5/c1-2-19-14-21(33-26-19)23(30)28-9-3-8-24(16-28,15-22(29)27-10-12-31-13-11-27)17-32-20-6-4-18(25)5-7-20/h4-7,14H,2-3,8-13,15-17H2,1H3/t24-/m0/s1. The molecule has 3 heterocycles. The topological polar surface area (TPSA) is 85.1 Å². The molecule has 1 aromatic carbocycles. The van der Waals surface area contributed by atoms with Crippen molar-refractivity contribution in [3.8, 4) is 5.75 Å². The summed E-state index contributed by atoms with van der Waals surface area (Å²) in [6.45, 7) is 5.32. The lowest BCUT2D eigenvalue weighted by Gasteiger charge is -2.43. The fraction of sp³-hybridized carbons (Fsp3) is 0.542. The van der Waals surface area contributed by atoms with E-state index in [1.807, 2.05) is 11.8 Å². The zero-order valence-corrected chi connectivity index (χ0v) is 18.9. The van der Waals surface area contributed by atoms with E-state index in [1.165, 1.54) is 12.1 Å². The van der Waals surface area contributed by atoms with Crippen molar-refractivity contribution < 1.29 is 28.0 Å². The number of ether oxygens (including phenoxy) is 2. The highest BCUT2D eigenvalue weighted by atomic mass is 19.1. The van der Waals surface area contributed by atoms with Crippen LogP contribution in [-0.4, -0.2) is 72.8 Å². The minimum atomic E-state index is -0.564. The van der Waals surface area contributed by atoms with Gasteiger partial charge in [0, 0.05) is 44.1 Å². The minimum absolute atomic E-state index is 0.0308. The second kappa shape index (κ2) is 10.3. The van der Waals surface area contributed by atoms with Crippen LogP contribution in [0.15, 0.2) is 34.9 Å². The number of nitrogens with zero attached hydrogens (tertiary/aromatic N) is 3. The van der Waals surface area contributed by atoms with E-state index < -0.39 is 5.41 Å². The Balaban J connectivity index is 1.51. The number of likely N-dealkylation sites (tertiary alicyclic amines) is 1. The highest BCUT2D eigenvalue weighted by molar-refractivity contribution is 5.91. The molecule has 9 heteroatoms. The van der Waals surface area contributed by atoms with Crippen molar-refractivity contribution in [1.82, 2.24) is 15.0 Å². The lowest BCUT2D eigenvalue weighted by molar-refractivity contribution is -0.139. The van der Waals surface area contributed by atoms with Gasteiger partial charge in [-0.3, -0.25) is 9.59 Å². The predicted molar refractivity (Wildman–Crippen MR) is 117 cm³/mol. The quantitative estimate of drug-likeness (QED) is 0.633. The van der Waals surface area contributed by atoms with E-state index in [0.717, 1.165) is 18.5 Å². The Hall–Kier alpha value is -2.94. The third kappa shape index (κ3) is 5.71. The summed E-state index contributed by atoms with van der Waals surface area (Å²) < 4.78 is 29.9. The molecule has 2 aliphatic rings. The van der Waals surface area contributed by atoms with Crippen LogP contribution >= 0.6 is 0 Å². The molecular weight excluding hydrogens is 429 g/mol. The van der Waals surface area contributed by atoms with Gasteiger partial charge in [0.1, 0.15) is 11.6 Å². The molecule has 0 spiro atoms. The maximum atomic E-state index is 13.3. The summed E-state index contributed by atoms with van der Waals surface area (Å²) in [5.74, 6) is 0.199. The number of halogens is 1. The van der Waals surface area contributed by atoms with Gasteiger partial charge in [-0.2, -0.15) is 0 Å². The first kappa shape index (κ1) is 23.2. The maximum absolute atomic E-state index is 13.3. The van der Waals surface area contributed by atoms with Crippen molar-refractivity contribution in [2.24, 2.45) is 5.41 Å². The number of benzene rings is 1. The van der Waals surface area contributed by atoms with E-state index in [2.05, 4.69) is 5.16 Å². The second-order valence-electron chi connectivity index (χ2n) is 8.78. The van der Waals surface area contributed by atoms with Crippen LogP contribution in [0.2, 0.25) is 0 Å². The van der Waals surface area contributed by atoms with Crippen molar-refractivity contribution in [2.45, 2.75) is 32.6 Å². The molecule has 0 bridgehead atoms. The number of carbonyl (C=O) groups is 2. The van der Waals surface area contributed by atoms with Crippen molar-refractivity contribution in [2.75, 3.05) is 46.0 Å². The first-order valence-corrected chi connectivity index (χ1v) is 11.5. The van der Waals surface area contributed by atoms with E-state index in [9.17, 15) is 14.0 Å². The van der Waals surface area contributed by atoms with Crippen LogP contribution < -0.4 is 4.74 Å². The molecule has 2 aliphatic heterocycles. The molecule has 0 N–H and O–H groups in total. The molecule has 1 atom stereocenters. The maximum Gasteiger partial charge on any atom is 0.292 e. The first-order valence-electron chi connectivity index (χ1n) is 11.5.